The van der Waals surface area contributed by atoms with Crippen LogP contribution >= 0.6 is 0 Å². The summed E-state index contributed by atoms with van der Waals surface area (Å²) in [6.07, 6.45) is 11.5. The first-order valence-corrected chi connectivity index (χ1v) is 11.4. The second-order valence-electron chi connectivity index (χ2n) is 9.43. The van der Waals surface area contributed by atoms with Crippen LogP contribution in [-0.2, 0) is 4.79 Å². The fourth-order valence-corrected chi connectivity index (χ4v) is 5.67. The Bertz CT molecular complexity index is 743. The van der Waals surface area contributed by atoms with E-state index in [1.54, 1.807) is 12.4 Å². The Morgan fingerprint density at radius 1 is 1.03 bits per heavy atom. The molecule has 1 aromatic rings. The molecule has 0 radical (unpaired) electrons. The number of carbonyl (C=O) groups excluding carboxylic acids is 2. The van der Waals surface area contributed by atoms with Gasteiger partial charge in [0, 0.05) is 57.2 Å². The monoisotopic (exact) mass is 396 g/mol. The molecule has 29 heavy (non-hydrogen) atoms. The molecule has 5 heterocycles. The molecule has 0 spiro atoms. The van der Waals surface area contributed by atoms with E-state index in [2.05, 4.69) is 14.8 Å². The second kappa shape index (κ2) is 8.05. The summed E-state index contributed by atoms with van der Waals surface area (Å²) < 4.78 is 0. The van der Waals surface area contributed by atoms with Gasteiger partial charge in [-0.15, -0.1) is 0 Å². The summed E-state index contributed by atoms with van der Waals surface area (Å²) in [7, 11) is 0. The molecule has 5 aliphatic rings. The Morgan fingerprint density at radius 2 is 1.86 bits per heavy atom. The van der Waals surface area contributed by atoms with Crippen molar-refractivity contribution in [2.45, 2.75) is 57.0 Å². The van der Waals surface area contributed by atoms with E-state index in [1.807, 2.05) is 17.0 Å². The highest BCUT2D eigenvalue weighted by Crippen LogP contribution is 2.35. The van der Waals surface area contributed by atoms with Gasteiger partial charge in [-0.3, -0.25) is 19.5 Å². The number of carbonyl (C=O) groups is 2. The summed E-state index contributed by atoms with van der Waals surface area (Å²) in [5.41, 5.74) is 0.677. The van der Waals surface area contributed by atoms with E-state index < -0.39 is 0 Å². The minimum absolute atomic E-state index is 0.0920. The number of pyridine rings is 1. The number of amides is 2. The first-order valence-electron chi connectivity index (χ1n) is 11.4. The SMILES string of the molecule is O=C(c1cccnc1)N1CCC(N2C[C@@H]3CC[C@H](C2)N(CC2CCC2)C3=O)CC1. The Kier molecular flexibility index (Phi) is 5.29. The zero-order valence-electron chi connectivity index (χ0n) is 17.2. The zero-order chi connectivity index (χ0) is 19.8. The van der Waals surface area contributed by atoms with Gasteiger partial charge in [0.2, 0.25) is 5.91 Å². The fraction of sp³-hybridized carbons (Fsp3) is 0.696. The van der Waals surface area contributed by atoms with Gasteiger partial charge in [-0.25, -0.2) is 0 Å². The average molecular weight is 397 g/mol. The lowest BCUT2D eigenvalue weighted by Crippen LogP contribution is -2.51. The summed E-state index contributed by atoms with van der Waals surface area (Å²) >= 11 is 0. The molecule has 1 aromatic heterocycles. The predicted octanol–water partition coefficient (Wildman–Crippen LogP) is 2.41. The van der Waals surface area contributed by atoms with Crippen LogP contribution in [0.1, 0.15) is 55.3 Å². The van der Waals surface area contributed by atoms with E-state index in [1.165, 1.54) is 19.3 Å². The lowest BCUT2D eigenvalue weighted by atomic mass is 9.83. The molecule has 2 atom stereocenters. The molecule has 6 rings (SSSR count). The Hall–Kier alpha value is -1.95. The summed E-state index contributed by atoms with van der Waals surface area (Å²) in [5, 5.41) is 0. The number of likely N-dealkylation sites (tertiary alicyclic amines) is 1. The van der Waals surface area contributed by atoms with Crippen LogP contribution in [0.2, 0.25) is 0 Å². The van der Waals surface area contributed by atoms with Crippen molar-refractivity contribution in [1.29, 1.82) is 0 Å². The molecule has 6 nitrogen and oxygen atoms in total. The van der Waals surface area contributed by atoms with Crippen LogP contribution in [0.3, 0.4) is 0 Å². The van der Waals surface area contributed by atoms with Crippen molar-refractivity contribution in [1.82, 2.24) is 19.7 Å². The van der Waals surface area contributed by atoms with E-state index in [4.69, 9.17) is 0 Å². The maximum Gasteiger partial charge on any atom is 0.255 e. The summed E-state index contributed by atoms with van der Waals surface area (Å²) in [6, 6.07) is 4.56. The van der Waals surface area contributed by atoms with Crippen LogP contribution in [0.25, 0.3) is 0 Å². The number of nitrogens with zero attached hydrogens (tertiary/aromatic N) is 4. The van der Waals surface area contributed by atoms with Crippen molar-refractivity contribution in [3.63, 3.8) is 0 Å². The molecule has 156 valence electrons. The maximum absolute atomic E-state index is 13.0. The zero-order valence-corrected chi connectivity index (χ0v) is 17.2. The van der Waals surface area contributed by atoms with Crippen molar-refractivity contribution in [2.24, 2.45) is 11.8 Å². The summed E-state index contributed by atoms with van der Waals surface area (Å²) in [4.78, 5) is 36.6. The van der Waals surface area contributed by atoms with E-state index >= 15 is 0 Å². The van der Waals surface area contributed by atoms with Crippen molar-refractivity contribution in [2.75, 3.05) is 32.7 Å². The molecule has 4 saturated heterocycles. The number of piperidine rings is 2. The van der Waals surface area contributed by atoms with Crippen molar-refractivity contribution >= 4 is 11.8 Å². The number of hydrogen-bond donors (Lipinski definition) is 0. The molecule has 0 N–H and O–H groups in total. The number of hydrogen-bond acceptors (Lipinski definition) is 4. The van der Waals surface area contributed by atoms with Gasteiger partial charge in [0.25, 0.3) is 5.91 Å². The van der Waals surface area contributed by atoms with Gasteiger partial charge < -0.3 is 9.80 Å². The van der Waals surface area contributed by atoms with Crippen molar-refractivity contribution in [3.05, 3.63) is 30.1 Å². The van der Waals surface area contributed by atoms with Crippen molar-refractivity contribution in [3.8, 4) is 0 Å². The highest BCUT2D eigenvalue weighted by molar-refractivity contribution is 5.93. The molecular formula is C23H32N4O2. The second-order valence-corrected chi connectivity index (χ2v) is 9.43. The van der Waals surface area contributed by atoms with E-state index in [-0.39, 0.29) is 11.8 Å². The average Bonchev–Trinajstić information content (AvgIpc) is 3.02. The highest BCUT2D eigenvalue weighted by Gasteiger charge is 2.43. The predicted molar refractivity (Wildman–Crippen MR) is 110 cm³/mol. The summed E-state index contributed by atoms with van der Waals surface area (Å²) in [5.74, 6) is 1.44. The quantitative estimate of drug-likeness (QED) is 0.784. The molecule has 1 saturated carbocycles. The van der Waals surface area contributed by atoms with Crippen LogP contribution < -0.4 is 0 Å². The Morgan fingerprint density at radius 3 is 2.55 bits per heavy atom. The van der Waals surface area contributed by atoms with Gasteiger partial charge in [0.05, 0.1) is 11.5 Å². The Labute approximate surface area is 173 Å². The molecule has 5 fully saturated rings. The van der Waals surface area contributed by atoms with Crippen LogP contribution in [-0.4, -0.2) is 76.3 Å². The van der Waals surface area contributed by atoms with Crippen LogP contribution in [0.4, 0.5) is 0 Å². The molecule has 6 heteroatoms. The smallest absolute Gasteiger partial charge is 0.255 e. The molecule has 2 amide bonds. The van der Waals surface area contributed by atoms with Gasteiger partial charge in [0.1, 0.15) is 0 Å². The standard InChI is InChI=1S/C23H32N4O2/c28-22(18-5-2-10-24-13-18)25-11-8-20(9-12-25)26-15-19-6-7-21(16-26)27(23(19)29)14-17-3-1-4-17/h2,5,10,13,17,19-21H,1,3-4,6-9,11-12,14-16H2/t19-,21+/m0/s1. The minimum atomic E-state index is 0.0920. The maximum atomic E-state index is 13.0. The van der Waals surface area contributed by atoms with Crippen molar-refractivity contribution < 1.29 is 9.59 Å². The van der Waals surface area contributed by atoms with Crippen LogP contribution in [0.5, 0.6) is 0 Å². The first-order chi connectivity index (χ1) is 14.2. The lowest BCUT2D eigenvalue weighted by molar-refractivity contribution is -0.141. The third kappa shape index (κ3) is 3.79. The van der Waals surface area contributed by atoms with Gasteiger partial charge in [-0.05, 0) is 56.6 Å². The lowest BCUT2D eigenvalue weighted by Gasteiger charge is -2.41. The highest BCUT2D eigenvalue weighted by atomic mass is 16.2. The van der Waals surface area contributed by atoms with Crippen LogP contribution in [0.15, 0.2) is 24.5 Å². The van der Waals surface area contributed by atoms with Gasteiger partial charge in [-0.1, -0.05) is 6.42 Å². The molecule has 1 aliphatic carbocycles. The number of rotatable bonds is 4. The molecular weight excluding hydrogens is 364 g/mol. The number of fused-ring (bicyclic) bond motifs is 4. The molecule has 0 aromatic carbocycles. The normalized spacial score (nSPS) is 29.0. The van der Waals surface area contributed by atoms with E-state index in [0.717, 1.165) is 64.3 Å². The molecule has 0 unspecified atom stereocenters. The largest absolute Gasteiger partial charge is 0.338 e. The number of aromatic nitrogens is 1. The summed E-state index contributed by atoms with van der Waals surface area (Å²) in [6.45, 7) is 4.52. The Balaban J connectivity index is 1.20. The van der Waals surface area contributed by atoms with Crippen LogP contribution in [0, 0.1) is 11.8 Å². The van der Waals surface area contributed by atoms with E-state index in [9.17, 15) is 9.59 Å². The topological polar surface area (TPSA) is 56.8 Å². The third-order valence-electron chi connectivity index (χ3n) is 7.68. The van der Waals surface area contributed by atoms with Gasteiger partial charge in [0.15, 0.2) is 0 Å². The van der Waals surface area contributed by atoms with Gasteiger partial charge >= 0.3 is 0 Å². The van der Waals surface area contributed by atoms with Gasteiger partial charge in [-0.2, -0.15) is 0 Å². The first kappa shape index (κ1) is 19.0. The molecule has 2 bridgehead atoms. The van der Waals surface area contributed by atoms with E-state index in [0.29, 0.717) is 23.6 Å². The fourth-order valence-electron chi connectivity index (χ4n) is 5.67. The third-order valence-corrected chi connectivity index (χ3v) is 7.68. The molecule has 4 aliphatic heterocycles. The minimum Gasteiger partial charge on any atom is -0.338 e.